The molecule has 1 atom stereocenters. The second kappa shape index (κ2) is 4.45. The number of carbonyl (C=O) groups is 1. The highest BCUT2D eigenvalue weighted by molar-refractivity contribution is 5.68. The smallest absolute Gasteiger partial charge is 0.304 e. The Bertz CT molecular complexity index is 263. The van der Waals surface area contributed by atoms with Crippen molar-refractivity contribution >= 4 is 5.97 Å². The summed E-state index contributed by atoms with van der Waals surface area (Å²) in [6.45, 7) is 4.27. The second-order valence-electron chi connectivity index (χ2n) is 4.52. The Morgan fingerprint density at radius 2 is 2.21 bits per heavy atom. The summed E-state index contributed by atoms with van der Waals surface area (Å²) in [5, 5.41) is 8.89. The molecule has 1 N–H and O–H groups in total. The first-order valence-electron chi connectivity index (χ1n) is 5.10. The number of rotatable bonds is 4. The third-order valence-electron chi connectivity index (χ3n) is 2.54. The molecule has 1 aliphatic rings. The van der Waals surface area contributed by atoms with E-state index in [1.54, 1.807) is 0 Å². The first kappa shape index (κ1) is 11.0. The van der Waals surface area contributed by atoms with E-state index in [4.69, 9.17) is 5.11 Å². The van der Waals surface area contributed by atoms with Crippen LogP contribution in [0.25, 0.3) is 0 Å². The molecule has 0 spiro atoms. The molecule has 0 saturated carbocycles. The monoisotopic (exact) mass is 194 g/mol. The standard InChI is InChI=1S/C12H18O2/c1-10(2)8-12(9-11(13)14)6-4-3-5-7-12/h3-6,10H,7-9H2,1-2H3,(H,13,14). The molecule has 0 heterocycles. The van der Waals surface area contributed by atoms with Crippen LogP contribution in [-0.2, 0) is 4.79 Å². The van der Waals surface area contributed by atoms with Crippen LogP contribution in [0.1, 0.15) is 33.1 Å². The van der Waals surface area contributed by atoms with Crippen molar-refractivity contribution in [2.75, 3.05) is 0 Å². The minimum absolute atomic E-state index is 0.144. The van der Waals surface area contributed by atoms with Gasteiger partial charge < -0.3 is 5.11 Å². The molecule has 0 amide bonds. The van der Waals surface area contributed by atoms with Gasteiger partial charge in [0.2, 0.25) is 0 Å². The van der Waals surface area contributed by atoms with Gasteiger partial charge in [0.15, 0.2) is 0 Å². The van der Waals surface area contributed by atoms with Crippen molar-refractivity contribution < 1.29 is 9.90 Å². The van der Waals surface area contributed by atoms with Gasteiger partial charge in [0.25, 0.3) is 0 Å². The van der Waals surface area contributed by atoms with Gasteiger partial charge in [-0.05, 0) is 18.8 Å². The van der Waals surface area contributed by atoms with Gasteiger partial charge in [-0.25, -0.2) is 0 Å². The van der Waals surface area contributed by atoms with Crippen molar-refractivity contribution in [1.82, 2.24) is 0 Å². The number of aliphatic carboxylic acids is 1. The molecule has 0 aromatic heterocycles. The SMILES string of the molecule is CC(C)CC1(CC(=O)O)C=CC=CC1. The first-order valence-corrected chi connectivity index (χ1v) is 5.10. The van der Waals surface area contributed by atoms with Crippen molar-refractivity contribution in [3.8, 4) is 0 Å². The van der Waals surface area contributed by atoms with Crippen LogP contribution in [0.5, 0.6) is 0 Å². The zero-order chi connectivity index (χ0) is 10.6. The average molecular weight is 194 g/mol. The summed E-state index contributed by atoms with van der Waals surface area (Å²) in [4.78, 5) is 10.8. The number of allylic oxidation sites excluding steroid dienone is 4. The molecule has 0 saturated heterocycles. The Morgan fingerprint density at radius 3 is 2.64 bits per heavy atom. The van der Waals surface area contributed by atoms with E-state index in [-0.39, 0.29) is 11.8 Å². The van der Waals surface area contributed by atoms with Crippen molar-refractivity contribution in [1.29, 1.82) is 0 Å². The maximum atomic E-state index is 10.8. The highest BCUT2D eigenvalue weighted by Crippen LogP contribution is 2.38. The number of hydrogen-bond acceptors (Lipinski definition) is 1. The molecule has 1 rings (SSSR count). The maximum Gasteiger partial charge on any atom is 0.304 e. The van der Waals surface area contributed by atoms with Gasteiger partial charge in [-0.3, -0.25) is 4.79 Å². The van der Waals surface area contributed by atoms with E-state index < -0.39 is 5.97 Å². The Hall–Kier alpha value is -1.05. The maximum absolute atomic E-state index is 10.8. The van der Waals surface area contributed by atoms with Gasteiger partial charge >= 0.3 is 5.97 Å². The predicted octanol–water partition coefficient (Wildman–Crippen LogP) is 3.01. The van der Waals surface area contributed by atoms with Crippen LogP contribution < -0.4 is 0 Å². The molecule has 2 nitrogen and oxygen atoms in total. The molecule has 0 aliphatic heterocycles. The van der Waals surface area contributed by atoms with Crippen LogP contribution in [0.4, 0.5) is 0 Å². The summed E-state index contributed by atoms with van der Waals surface area (Å²) in [6.07, 6.45) is 10.1. The van der Waals surface area contributed by atoms with Gasteiger partial charge in [-0.1, -0.05) is 38.2 Å². The summed E-state index contributed by atoms with van der Waals surface area (Å²) in [6, 6.07) is 0. The van der Waals surface area contributed by atoms with E-state index in [1.807, 2.05) is 12.2 Å². The van der Waals surface area contributed by atoms with E-state index in [0.29, 0.717) is 5.92 Å². The van der Waals surface area contributed by atoms with Crippen LogP contribution in [0.15, 0.2) is 24.3 Å². The molecular weight excluding hydrogens is 176 g/mol. The normalized spacial score (nSPS) is 25.6. The minimum Gasteiger partial charge on any atom is -0.481 e. The molecule has 0 aromatic carbocycles. The Kier molecular flexibility index (Phi) is 3.50. The van der Waals surface area contributed by atoms with Crippen LogP contribution in [0.3, 0.4) is 0 Å². The van der Waals surface area contributed by atoms with Crippen molar-refractivity contribution in [2.45, 2.75) is 33.1 Å². The average Bonchev–Trinajstić information content (AvgIpc) is 2.01. The van der Waals surface area contributed by atoms with Gasteiger partial charge in [-0.2, -0.15) is 0 Å². The van der Waals surface area contributed by atoms with Crippen LogP contribution in [0, 0.1) is 11.3 Å². The lowest BCUT2D eigenvalue weighted by atomic mass is 9.73. The lowest BCUT2D eigenvalue weighted by Gasteiger charge is -2.31. The number of hydrogen-bond donors (Lipinski definition) is 1. The molecule has 0 fully saturated rings. The van der Waals surface area contributed by atoms with Crippen molar-refractivity contribution in [3.63, 3.8) is 0 Å². The summed E-state index contributed by atoms with van der Waals surface area (Å²) >= 11 is 0. The second-order valence-corrected chi connectivity index (χ2v) is 4.52. The van der Waals surface area contributed by atoms with Crippen LogP contribution >= 0.6 is 0 Å². The highest BCUT2D eigenvalue weighted by Gasteiger charge is 2.30. The fraction of sp³-hybridized carbons (Fsp3) is 0.583. The summed E-state index contributed by atoms with van der Waals surface area (Å²) < 4.78 is 0. The third kappa shape index (κ3) is 3.02. The molecule has 0 bridgehead atoms. The number of carboxylic acid groups (broad SMARTS) is 1. The van der Waals surface area contributed by atoms with E-state index in [1.165, 1.54) is 0 Å². The van der Waals surface area contributed by atoms with Gasteiger partial charge in [0, 0.05) is 5.41 Å². The zero-order valence-corrected chi connectivity index (χ0v) is 8.86. The van der Waals surface area contributed by atoms with Crippen LogP contribution in [-0.4, -0.2) is 11.1 Å². The Morgan fingerprint density at radius 1 is 1.50 bits per heavy atom. The zero-order valence-electron chi connectivity index (χ0n) is 8.86. The molecule has 2 heteroatoms. The molecule has 14 heavy (non-hydrogen) atoms. The van der Waals surface area contributed by atoms with E-state index in [0.717, 1.165) is 12.8 Å². The Labute approximate surface area is 85.3 Å². The van der Waals surface area contributed by atoms with E-state index in [2.05, 4.69) is 26.0 Å². The van der Waals surface area contributed by atoms with Gasteiger partial charge in [0.1, 0.15) is 0 Å². The fourth-order valence-electron chi connectivity index (χ4n) is 2.18. The quantitative estimate of drug-likeness (QED) is 0.747. The lowest BCUT2D eigenvalue weighted by Crippen LogP contribution is -2.24. The summed E-state index contributed by atoms with van der Waals surface area (Å²) in [5.41, 5.74) is -0.144. The lowest BCUT2D eigenvalue weighted by molar-refractivity contribution is -0.139. The fourth-order valence-corrected chi connectivity index (χ4v) is 2.18. The highest BCUT2D eigenvalue weighted by atomic mass is 16.4. The molecule has 0 radical (unpaired) electrons. The topological polar surface area (TPSA) is 37.3 Å². The summed E-state index contributed by atoms with van der Waals surface area (Å²) in [5.74, 6) is -0.170. The van der Waals surface area contributed by atoms with Crippen molar-refractivity contribution in [3.05, 3.63) is 24.3 Å². The molecule has 1 unspecified atom stereocenters. The Balaban J connectivity index is 2.74. The molecule has 0 aromatic rings. The predicted molar refractivity (Wildman–Crippen MR) is 57.0 cm³/mol. The largest absolute Gasteiger partial charge is 0.481 e. The van der Waals surface area contributed by atoms with Crippen molar-refractivity contribution in [2.24, 2.45) is 11.3 Å². The molecule has 1 aliphatic carbocycles. The summed E-state index contributed by atoms with van der Waals surface area (Å²) in [7, 11) is 0. The van der Waals surface area contributed by atoms with E-state index >= 15 is 0 Å². The van der Waals surface area contributed by atoms with E-state index in [9.17, 15) is 4.79 Å². The first-order chi connectivity index (χ1) is 6.54. The number of carboxylic acids is 1. The van der Waals surface area contributed by atoms with Crippen LogP contribution in [0.2, 0.25) is 0 Å². The molecule has 78 valence electrons. The van der Waals surface area contributed by atoms with Gasteiger partial charge in [-0.15, -0.1) is 0 Å². The third-order valence-corrected chi connectivity index (χ3v) is 2.54. The minimum atomic E-state index is -0.703. The van der Waals surface area contributed by atoms with Gasteiger partial charge in [0.05, 0.1) is 6.42 Å². The molecular formula is C12H18O2.